The summed E-state index contributed by atoms with van der Waals surface area (Å²) in [5.41, 5.74) is 5.85. The number of aryl methyl sites for hydroxylation is 1. The molecule has 3 aliphatic rings. The summed E-state index contributed by atoms with van der Waals surface area (Å²) in [6.07, 6.45) is 8.49. The molecule has 200 valence electrons. The van der Waals surface area contributed by atoms with Crippen LogP contribution < -0.4 is 14.5 Å². The highest BCUT2D eigenvalue weighted by atomic mass is 16.5. The molecular formula is C29H38N8O. The van der Waals surface area contributed by atoms with Crippen molar-refractivity contribution in [3.63, 3.8) is 0 Å². The summed E-state index contributed by atoms with van der Waals surface area (Å²) in [5.74, 6) is 1.42. The summed E-state index contributed by atoms with van der Waals surface area (Å²) < 4.78 is 6.32. The maximum Gasteiger partial charge on any atom is 0.318 e. The Balaban J connectivity index is 1.36. The number of hydrogen-bond donors (Lipinski definition) is 1. The van der Waals surface area contributed by atoms with E-state index in [0.717, 1.165) is 87.2 Å². The van der Waals surface area contributed by atoms with Gasteiger partial charge >= 0.3 is 6.01 Å². The van der Waals surface area contributed by atoms with Gasteiger partial charge in [-0.3, -0.25) is 5.10 Å². The van der Waals surface area contributed by atoms with E-state index in [1.54, 1.807) is 0 Å². The van der Waals surface area contributed by atoms with Crippen LogP contribution >= 0.6 is 0 Å². The van der Waals surface area contributed by atoms with Crippen molar-refractivity contribution in [3.05, 3.63) is 46.6 Å². The van der Waals surface area contributed by atoms with Crippen LogP contribution in [0.25, 0.3) is 15.7 Å². The third-order valence-electron chi connectivity index (χ3n) is 8.60. The predicted octanol–water partition coefficient (Wildman–Crippen LogP) is 4.22. The van der Waals surface area contributed by atoms with Crippen LogP contribution in [0.2, 0.25) is 0 Å². The zero-order valence-electron chi connectivity index (χ0n) is 22.6. The number of nitrogens with one attached hydrogen (secondary N) is 1. The average Bonchev–Trinajstić information content (AvgIpc) is 3.50. The molecule has 0 amide bonds. The maximum atomic E-state index is 7.39. The molecule has 2 atom stereocenters. The Morgan fingerprint density at radius 1 is 1.11 bits per heavy atom. The van der Waals surface area contributed by atoms with Crippen molar-refractivity contribution in [1.82, 2.24) is 25.1 Å². The van der Waals surface area contributed by atoms with Crippen molar-refractivity contribution in [3.8, 4) is 6.01 Å². The van der Waals surface area contributed by atoms with Crippen LogP contribution in [-0.4, -0.2) is 77.5 Å². The molecule has 0 radical (unpaired) electrons. The first-order valence-electron chi connectivity index (χ1n) is 14.1. The molecule has 3 aromatic rings. The lowest BCUT2D eigenvalue weighted by molar-refractivity contribution is 0.187. The Kier molecular flexibility index (Phi) is 7.07. The number of nitrogens with zero attached hydrogens (tertiary/aromatic N) is 7. The van der Waals surface area contributed by atoms with E-state index >= 15 is 0 Å². The lowest BCUT2D eigenvalue weighted by atomic mass is 9.97. The van der Waals surface area contributed by atoms with Gasteiger partial charge < -0.3 is 24.3 Å². The molecule has 0 aliphatic carbocycles. The van der Waals surface area contributed by atoms with Crippen LogP contribution in [0.1, 0.15) is 48.9 Å². The molecule has 6 rings (SSSR count). The van der Waals surface area contributed by atoms with Crippen LogP contribution in [-0.2, 0) is 13.0 Å². The SMILES string of the molecule is [C-]#[N+]C[C@@H]1CCCN(c2nc(OC[C@@H]3CCCN3C)nc3c2CCCN(c2c(C)ccc4[nH]ncc24)C3)C1. The molecule has 2 saturated heterocycles. The summed E-state index contributed by atoms with van der Waals surface area (Å²) in [6.45, 7) is 15.4. The molecule has 2 aromatic heterocycles. The van der Waals surface area contributed by atoms with Crippen molar-refractivity contribution in [2.45, 2.75) is 58.0 Å². The first-order chi connectivity index (χ1) is 18.6. The minimum Gasteiger partial charge on any atom is -0.462 e. The summed E-state index contributed by atoms with van der Waals surface area (Å²) in [5, 5.41) is 8.60. The van der Waals surface area contributed by atoms with Crippen molar-refractivity contribution < 1.29 is 4.74 Å². The molecule has 3 aliphatic heterocycles. The van der Waals surface area contributed by atoms with E-state index in [1.807, 2.05) is 6.20 Å². The number of hydrogen-bond acceptors (Lipinski definition) is 7. The molecule has 9 nitrogen and oxygen atoms in total. The zero-order chi connectivity index (χ0) is 26.1. The fourth-order valence-electron chi connectivity index (χ4n) is 6.53. The number of likely N-dealkylation sites (N-methyl/N-ethyl adjacent to an activating group) is 1. The van der Waals surface area contributed by atoms with E-state index in [1.165, 1.54) is 23.2 Å². The maximum absolute atomic E-state index is 7.39. The lowest BCUT2D eigenvalue weighted by Crippen LogP contribution is -2.38. The van der Waals surface area contributed by atoms with Gasteiger partial charge in [0.25, 0.3) is 0 Å². The monoisotopic (exact) mass is 514 g/mol. The number of ether oxygens (including phenoxy) is 1. The van der Waals surface area contributed by atoms with Crippen LogP contribution in [0.3, 0.4) is 0 Å². The number of aromatic amines is 1. The second-order valence-corrected chi connectivity index (χ2v) is 11.2. The smallest absolute Gasteiger partial charge is 0.318 e. The normalized spacial score (nSPS) is 22.3. The van der Waals surface area contributed by atoms with Crippen LogP contribution in [0, 0.1) is 19.4 Å². The molecule has 38 heavy (non-hydrogen) atoms. The molecule has 1 aromatic carbocycles. The van der Waals surface area contributed by atoms with Gasteiger partial charge in [-0.25, -0.2) is 6.57 Å². The molecule has 1 N–H and O–H groups in total. The van der Waals surface area contributed by atoms with Gasteiger partial charge in [-0.05, 0) is 70.7 Å². The third-order valence-corrected chi connectivity index (χ3v) is 8.60. The molecule has 0 bridgehead atoms. The van der Waals surface area contributed by atoms with Crippen molar-refractivity contribution in [2.24, 2.45) is 5.92 Å². The molecular weight excluding hydrogens is 476 g/mol. The number of fused-ring (bicyclic) bond motifs is 2. The van der Waals surface area contributed by atoms with Gasteiger partial charge in [0.15, 0.2) is 0 Å². The summed E-state index contributed by atoms with van der Waals surface area (Å²) >= 11 is 0. The van der Waals surface area contributed by atoms with Gasteiger partial charge in [-0.15, -0.1) is 0 Å². The molecule has 9 heteroatoms. The number of rotatable bonds is 6. The second kappa shape index (κ2) is 10.8. The highest BCUT2D eigenvalue weighted by Crippen LogP contribution is 2.36. The minimum atomic E-state index is 0.395. The van der Waals surface area contributed by atoms with Crippen molar-refractivity contribution in [2.75, 3.05) is 56.2 Å². The fraction of sp³-hybridized carbons (Fsp3) is 0.586. The summed E-state index contributed by atoms with van der Waals surface area (Å²) in [4.78, 5) is 21.1. The Hall–Kier alpha value is -3.38. The first kappa shape index (κ1) is 24.9. The summed E-state index contributed by atoms with van der Waals surface area (Å²) in [7, 11) is 2.17. The number of piperidine rings is 1. The van der Waals surface area contributed by atoms with Crippen LogP contribution in [0.4, 0.5) is 11.5 Å². The number of anilines is 2. The largest absolute Gasteiger partial charge is 0.462 e. The van der Waals surface area contributed by atoms with Crippen LogP contribution in [0.15, 0.2) is 18.3 Å². The van der Waals surface area contributed by atoms with E-state index in [2.05, 4.69) is 55.8 Å². The van der Waals surface area contributed by atoms with E-state index in [-0.39, 0.29) is 0 Å². The van der Waals surface area contributed by atoms with Crippen LogP contribution in [0.5, 0.6) is 6.01 Å². The second-order valence-electron chi connectivity index (χ2n) is 11.2. The van der Waals surface area contributed by atoms with Gasteiger partial charge in [-0.1, -0.05) is 6.07 Å². The predicted molar refractivity (Wildman–Crippen MR) is 150 cm³/mol. The Labute approximate surface area is 225 Å². The first-order valence-corrected chi connectivity index (χ1v) is 14.1. The van der Waals surface area contributed by atoms with Gasteiger partial charge in [0, 0.05) is 42.5 Å². The van der Waals surface area contributed by atoms with E-state index < -0.39 is 0 Å². The molecule has 5 heterocycles. The number of benzene rings is 1. The van der Waals surface area contributed by atoms with Gasteiger partial charge in [0.2, 0.25) is 6.54 Å². The standard InChI is InChI=1S/C29H38N8O/c1-20-10-11-25-24(16-31-34-25)27(20)36-13-6-9-23-26(18-36)32-29(38-19-22-8-5-12-35(22)3)33-28(23)37-14-4-7-21(17-37)15-30-2/h10-11,16,21-22H,4-9,12-15,17-19H2,1,3H3,(H,31,34)/t21-,22-/m0/s1. The quantitative estimate of drug-likeness (QED) is 0.494. The summed E-state index contributed by atoms with van der Waals surface area (Å²) in [6, 6.07) is 5.18. The van der Waals surface area contributed by atoms with Crippen molar-refractivity contribution in [1.29, 1.82) is 0 Å². The van der Waals surface area contributed by atoms with Gasteiger partial charge in [-0.2, -0.15) is 15.1 Å². The molecule has 0 saturated carbocycles. The van der Waals surface area contributed by atoms with Gasteiger partial charge in [0.1, 0.15) is 12.4 Å². The van der Waals surface area contributed by atoms with E-state index in [0.29, 0.717) is 31.1 Å². The highest BCUT2D eigenvalue weighted by Gasteiger charge is 2.30. The number of H-pyrrole nitrogens is 1. The molecule has 0 spiro atoms. The topological polar surface area (TPSA) is 77.8 Å². The number of likely N-dealkylation sites (tertiary alicyclic amines) is 1. The third kappa shape index (κ3) is 4.90. The lowest BCUT2D eigenvalue weighted by Gasteiger charge is -2.33. The van der Waals surface area contributed by atoms with Crippen molar-refractivity contribution >= 4 is 22.4 Å². The number of aromatic nitrogens is 4. The Morgan fingerprint density at radius 2 is 1.97 bits per heavy atom. The Bertz CT molecular complexity index is 1330. The zero-order valence-corrected chi connectivity index (χ0v) is 22.6. The van der Waals surface area contributed by atoms with E-state index in [9.17, 15) is 0 Å². The Morgan fingerprint density at radius 3 is 2.82 bits per heavy atom. The van der Waals surface area contributed by atoms with Gasteiger partial charge in [0.05, 0.1) is 29.6 Å². The molecule has 0 unspecified atom stereocenters. The van der Waals surface area contributed by atoms with E-state index in [4.69, 9.17) is 21.3 Å². The minimum absolute atomic E-state index is 0.395. The average molecular weight is 515 g/mol. The fourth-order valence-corrected chi connectivity index (χ4v) is 6.53. The molecule has 2 fully saturated rings. The highest BCUT2D eigenvalue weighted by molar-refractivity contribution is 5.93.